The summed E-state index contributed by atoms with van der Waals surface area (Å²) < 4.78 is 5.53. The van der Waals surface area contributed by atoms with Crippen molar-refractivity contribution < 1.29 is 4.74 Å². The molecule has 100 valence electrons. The Hall–Kier alpha value is -0.570. The van der Waals surface area contributed by atoms with Crippen molar-refractivity contribution in [3.63, 3.8) is 0 Å². The van der Waals surface area contributed by atoms with Crippen molar-refractivity contribution in [3.8, 4) is 0 Å². The Balaban J connectivity index is 2.04. The molecule has 1 heterocycles. The highest BCUT2D eigenvalue weighted by atomic mass is 35.5. The van der Waals surface area contributed by atoms with Crippen LogP contribution in [0.4, 0.5) is 0 Å². The SMILES string of the molecule is CNC(Cc1cccc(Cl)c1)C1CCOCC1C. The Morgan fingerprint density at radius 3 is 3.00 bits per heavy atom. The van der Waals surface area contributed by atoms with Crippen molar-refractivity contribution in [2.75, 3.05) is 20.3 Å². The second-order valence-corrected chi connectivity index (χ2v) is 5.67. The lowest BCUT2D eigenvalue weighted by atomic mass is 9.81. The molecule has 1 aromatic carbocycles. The standard InChI is InChI=1S/C15H22ClNO/c1-11-10-18-7-6-14(11)15(17-2)9-12-4-3-5-13(16)8-12/h3-5,8,11,14-15,17H,6-7,9-10H2,1-2H3. The smallest absolute Gasteiger partial charge is 0.0494 e. The molecule has 0 aromatic heterocycles. The molecule has 3 atom stereocenters. The van der Waals surface area contributed by atoms with Crippen LogP contribution in [-0.4, -0.2) is 26.3 Å². The maximum atomic E-state index is 6.05. The van der Waals surface area contributed by atoms with Gasteiger partial charge in [-0.3, -0.25) is 0 Å². The van der Waals surface area contributed by atoms with Gasteiger partial charge in [-0.2, -0.15) is 0 Å². The molecular formula is C15H22ClNO. The van der Waals surface area contributed by atoms with Gasteiger partial charge in [0.25, 0.3) is 0 Å². The summed E-state index contributed by atoms with van der Waals surface area (Å²) in [6.07, 6.45) is 2.18. The Bertz CT molecular complexity index is 383. The molecular weight excluding hydrogens is 246 g/mol. The van der Waals surface area contributed by atoms with Crippen LogP contribution in [0.15, 0.2) is 24.3 Å². The first kappa shape index (κ1) is 13.9. The van der Waals surface area contributed by atoms with Crippen LogP contribution in [-0.2, 0) is 11.2 Å². The summed E-state index contributed by atoms with van der Waals surface area (Å²) in [4.78, 5) is 0. The van der Waals surface area contributed by atoms with Gasteiger partial charge in [-0.1, -0.05) is 30.7 Å². The van der Waals surface area contributed by atoms with Gasteiger partial charge in [0.1, 0.15) is 0 Å². The molecule has 3 unspecified atom stereocenters. The molecule has 1 aliphatic rings. The predicted octanol–water partition coefficient (Wildman–Crippen LogP) is 3.14. The Morgan fingerprint density at radius 1 is 1.50 bits per heavy atom. The highest BCUT2D eigenvalue weighted by Crippen LogP contribution is 2.27. The van der Waals surface area contributed by atoms with Crippen molar-refractivity contribution in [3.05, 3.63) is 34.9 Å². The molecule has 0 spiro atoms. The van der Waals surface area contributed by atoms with Crippen LogP contribution in [0.1, 0.15) is 18.9 Å². The molecule has 0 radical (unpaired) electrons. The molecule has 2 rings (SSSR count). The minimum absolute atomic E-state index is 0.502. The summed E-state index contributed by atoms with van der Waals surface area (Å²) in [5.74, 6) is 1.30. The van der Waals surface area contributed by atoms with E-state index in [-0.39, 0.29) is 0 Å². The lowest BCUT2D eigenvalue weighted by molar-refractivity contribution is 0.0119. The monoisotopic (exact) mass is 267 g/mol. The van der Waals surface area contributed by atoms with Crippen LogP contribution >= 0.6 is 11.6 Å². The quantitative estimate of drug-likeness (QED) is 0.905. The average molecular weight is 268 g/mol. The molecule has 0 amide bonds. The van der Waals surface area contributed by atoms with Crippen LogP contribution in [0.2, 0.25) is 5.02 Å². The average Bonchev–Trinajstić information content (AvgIpc) is 2.37. The molecule has 1 aliphatic heterocycles. The number of nitrogens with one attached hydrogen (secondary N) is 1. The molecule has 0 aliphatic carbocycles. The van der Waals surface area contributed by atoms with Crippen molar-refractivity contribution in [2.45, 2.75) is 25.8 Å². The summed E-state index contributed by atoms with van der Waals surface area (Å²) in [5.41, 5.74) is 1.31. The zero-order valence-electron chi connectivity index (χ0n) is 11.2. The van der Waals surface area contributed by atoms with E-state index in [2.05, 4.69) is 31.4 Å². The first-order valence-corrected chi connectivity index (χ1v) is 7.08. The van der Waals surface area contributed by atoms with Gasteiger partial charge < -0.3 is 10.1 Å². The van der Waals surface area contributed by atoms with Crippen molar-refractivity contribution in [1.82, 2.24) is 5.32 Å². The largest absolute Gasteiger partial charge is 0.381 e. The van der Waals surface area contributed by atoms with E-state index in [4.69, 9.17) is 16.3 Å². The minimum atomic E-state index is 0.502. The first-order valence-electron chi connectivity index (χ1n) is 6.70. The van der Waals surface area contributed by atoms with E-state index in [0.717, 1.165) is 31.1 Å². The number of halogens is 1. The maximum absolute atomic E-state index is 6.05. The summed E-state index contributed by atoms with van der Waals surface area (Å²) in [6, 6.07) is 8.67. The van der Waals surface area contributed by atoms with E-state index in [1.165, 1.54) is 5.56 Å². The third-order valence-corrected chi connectivity index (χ3v) is 4.17. The normalized spacial score (nSPS) is 25.9. The Kier molecular flexibility index (Phi) is 5.04. The lowest BCUT2D eigenvalue weighted by Crippen LogP contribution is -2.42. The zero-order chi connectivity index (χ0) is 13.0. The Labute approximate surface area is 115 Å². The van der Waals surface area contributed by atoms with Crippen molar-refractivity contribution in [1.29, 1.82) is 0 Å². The molecule has 0 bridgehead atoms. The molecule has 18 heavy (non-hydrogen) atoms. The first-order chi connectivity index (χ1) is 8.70. The van der Waals surface area contributed by atoms with Crippen LogP contribution < -0.4 is 5.32 Å². The van der Waals surface area contributed by atoms with E-state index in [0.29, 0.717) is 17.9 Å². The van der Waals surface area contributed by atoms with Crippen molar-refractivity contribution in [2.24, 2.45) is 11.8 Å². The van der Waals surface area contributed by atoms with Gasteiger partial charge in [0, 0.05) is 24.3 Å². The second-order valence-electron chi connectivity index (χ2n) is 5.23. The summed E-state index contributed by atoms with van der Waals surface area (Å²) in [7, 11) is 2.05. The van der Waals surface area contributed by atoms with Crippen LogP contribution in [0.25, 0.3) is 0 Å². The Morgan fingerprint density at radius 2 is 2.33 bits per heavy atom. The fraction of sp³-hybridized carbons (Fsp3) is 0.600. The third-order valence-electron chi connectivity index (χ3n) is 3.94. The van der Waals surface area contributed by atoms with E-state index >= 15 is 0 Å². The van der Waals surface area contributed by atoms with Gasteiger partial charge in [-0.15, -0.1) is 0 Å². The number of hydrogen-bond acceptors (Lipinski definition) is 2. The molecule has 0 saturated carbocycles. The lowest BCUT2D eigenvalue weighted by Gasteiger charge is -2.35. The number of likely N-dealkylation sites (N-methyl/N-ethyl adjacent to an activating group) is 1. The fourth-order valence-corrected chi connectivity index (χ4v) is 3.09. The van der Waals surface area contributed by atoms with Gasteiger partial charge in [0.15, 0.2) is 0 Å². The number of benzene rings is 1. The number of rotatable bonds is 4. The van der Waals surface area contributed by atoms with E-state index in [9.17, 15) is 0 Å². The molecule has 1 aromatic rings. The minimum Gasteiger partial charge on any atom is -0.381 e. The molecule has 1 N–H and O–H groups in total. The van der Waals surface area contributed by atoms with Crippen LogP contribution in [0.3, 0.4) is 0 Å². The second kappa shape index (κ2) is 6.55. The molecule has 3 heteroatoms. The molecule has 2 nitrogen and oxygen atoms in total. The summed E-state index contributed by atoms with van der Waals surface area (Å²) in [5, 5.41) is 4.29. The van der Waals surface area contributed by atoms with E-state index < -0.39 is 0 Å². The van der Waals surface area contributed by atoms with E-state index in [1.54, 1.807) is 0 Å². The van der Waals surface area contributed by atoms with Gasteiger partial charge in [0.2, 0.25) is 0 Å². The van der Waals surface area contributed by atoms with Gasteiger partial charge >= 0.3 is 0 Å². The summed E-state index contributed by atoms with van der Waals surface area (Å²) in [6.45, 7) is 4.06. The van der Waals surface area contributed by atoms with Gasteiger partial charge in [-0.25, -0.2) is 0 Å². The van der Waals surface area contributed by atoms with Crippen molar-refractivity contribution >= 4 is 11.6 Å². The van der Waals surface area contributed by atoms with Gasteiger partial charge in [-0.05, 0) is 49.4 Å². The molecule has 1 saturated heterocycles. The summed E-state index contributed by atoms with van der Waals surface area (Å²) >= 11 is 6.05. The van der Waals surface area contributed by atoms with Crippen LogP contribution in [0.5, 0.6) is 0 Å². The topological polar surface area (TPSA) is 21.3 Å². The molecule has 1 fully saturated rings. The highest BCUT2D eigenvalue weighted by molar-refractivity contribution is 6.30. The maximum Gasteiger partial charge on any atom is 0.0494 e. The predicted molar refractivity (Wildman–Crippen MR) is 76.1 cm³/mol. The van der Waals surface area contributed by atoms with E-state index in [1.807, 2.05) is 12.1 Å². The third kappa shape index (κ3) is 3.47. The van der Waals surface area contributed by atoms with Crippen LogP contribution in [0, 0.1) is 11.8 Å². The fourth-order valence-electron chi connectivity index (χ4n) is 2.88. The van der Waals surface area contributed by atoms with Gasteiger partial charge in [0.05, 0.1) is 0 Å². The highest BCUT2D eigenvalue weighted by Gasteiger charge is 2.28. The number of ether oxygens (including phenoxy) is 1. The zero-order valence-corrected chi connectivity index (χ0v) is 11.9. The number of hydrogen-bond donors (Lipinski definition) is 1.